The lowest BCUT2D eigenvalue weighted by atomic mass is 9.90. The largest absolute Gasteiger partial charge is 0.492 e. The Balaban J connectivity index is 1.98. The number of fused-ring (bicyclic) bond motifs is 2. The Morgan fingerprint density at radius 2 is 2.29 bits per heavy atom. The van der Waals surface area contributed by atoms with Crippen molar-refractivity contribution < 1.29 is 14.3 Å². The van der Waals surface area contributed by atoms with Crippen molar-refractivity contribution in [2.24, 2.45) is 4.99 Å². The maximum atomic E-state index is 11.3. The van der Waals surface area contributed by atoms with Gasteiger partial charge in [0.2, 0.25) is 0 Å². The van der Waals surface area contributed by atoms with E-state index in [9.17, 15) is 4.79 Å². The third-order valence-electron chi connectivity index (χ3n) is 3.18. The smallest absolute Gasteiger partial charge is 0.271 e. The Morgan fingerprint density at radius 1 is 1.35 bits per heavy atom. The summed E-state index contributed by atoms with van der Waals surface area (Å²) in [6.45, 7) is 1.20. The highest BCUT2D eigenvalue weighted by Gasteiger charge is 2.33. The van der Waals surface area contributed by atoms with Gasteiger partial charge in [-0.25, -0.2) is 4.99 Å². The quantitative estimate of drug-likeness (QED) is 0.664. The number of carbonyl (C=O) groups excluding carboxylic acids is 1. The minimum atomic E-state index is -0.261. The van der Waals surface area contributed by atoms with Crippen LogP contribution in [0.2, 0.25) is 0 Å². The van der Waals surface area contributed by atoms with Gasteiger partial charge in [0.1, 0.15) is 18.5 Å². The number of carbonyl (C=O) groups is 1. The average Bonchev–Trinajstić information content (AvgIpc) is 2.34. The summed E-state index contributed by atoms with van der Waals surface area (Å²) < 4.78 is 11.3. The molecule has 0 spiro atoms. The second-order valence-corrected chi connectivity index (χ2v) is 4.25. The van der Waals surface area contributed by atoms with Crippen LogP contribution >= 0.6 is 0 Å². The zero-order valence-corrected chi connectivity index (χ0v) is 9.39. The number of nitrogens with zero attached hydrogens (tertiary/aromatic N) is 1. The Morgan fingerprint density at radius 3 is 3.24 bits per heavy atom. The molecule has 0 aromatic carbocycles. The van der Waals surface area contributed by atoms with E-state index in [2.05, 4.69) is 10.3 Å². The molecule has 1 saturated heterocycles. The molecule has 1 amide bonds. The van der Waals surface area contributed by atoms with Crippen LogP contribution in [0.3, 0.4) is 0 Å². The van der Waals surface area contributed by atoms with Gasteiger partial charge in [0.15, 0.2) is 0 Å². The summed E-state index contributed by atoms with van der Waals surface area (Å²) in [7, 11) is 0. The van der Waals surface area contributed by atoms with E-state index in [0.29, 0.717) is 13.2 Å². The topological polar surface area (TPSA) is 59.9 Å². The minimum Gasteiger partial charge on any atom is -0.492 e. The van der Waals surface area contributed by atoms with Gasteiger partial charge in [-0.1, -0.05) is 0 Å². The first kappa shape index (κ1) is 10.5. The maximum Gasteiger partial charge on any atom is 0.271 e. The van der Waals surface area contributed by atoms with Crippen molar-refractivity contribution >= 4 is 12.1 Å². The minimum absolute atomic E-state index is 0.0294. The van der Waals surface area contributed by atoms with Crippen LogP contribution < -0.4 is 5.32 Å². The molecule has 17 heavy (non-hydrogen) atoms. The van der Waals surface area contributed by atoms with Crippen LogP contribution in [0.1, 0.15) is 12.8 Å². The van der Waals surface area contributed by atoms with Crippen LogP contribution in [-0.2, 0) is 14.3 Å². The number of aliphatic imine (C=N–C) groups is 1. The third kappa shape index (κ3) is 1.98. The third-order valence-corrected chi connectivity index (χ3v) is 3.18. The summed E-state index contributed by atoms with van der Waals surface area (Å²) in [5.41, 5.74) is 0.943. The number of amides is 1. The zero-order valence-electron chi connectivity index (χ0n) is 9.39. The van der Waals surface area contributed by atoms with Crippen molar-refractivity contribution in [3.05, 3.63) is 23.6 Å². The highest BCUT2D eigenvalue weighted by atomic mass is 16.6. The van der Waals surface area contributed by atoms with Crippen molar-refractivity contribution in [2.45, 2.75) is 25.0 Å². The summed E-state index contributed by atoms with van der Waals surface area (Å²) in [6, 6.07) is 0.163. The van der Waals surface area contributed by atoms with Gasteiger partial charge in [0, 0.05) is 24.1 Å². The van der Waals surface area contributed by atoms with Crippen molar-refractivity contribution in [3.8, 4) is 0 Å². The van der Waals surface area contributed by atoms with Crippen LogP contribution in [0.15, 0.2) is 28.6 Å². The van der Waals surface area contributed by atoms with E-state index in [1.807, 2.05) is 0 Å². The predicted molar refractivity (Wildman–Crippen MR) is 61.5 cm³/mol. The zero-order chi connectivity index (χ0) is 11.7. The fourth-order valence-electron chi connectivity index (χ4n) is 2.38. The molecule has 1 aliphatic carbocycles. The van der Waals surface area contributed by atoms with Gasteiger partial charge in [0.05, 0.1) is 12.6 Å². The van der Waals surface area contributed by atoms with E-state index in [0.717, 1.165) is 24.2 Å². The lowest BCUT2D eigenvalue weighted by Gasteiger charge is -2.35. The molecule has 5 nitrogen and oxygen atoms in total. The first-order valence-electron chi connectivity index (χ1n) is 5.83. The molecule has 1 N–H and O–H groups in total. The van der Waals surface area contributed by atoms with Crippen molar-refractivity contribution in [3.63, 3.8) is 0 Å². The van der Waals surface area contributed by atoms with E-state index < -0.39 is 0 Å². The number of hydrogen-bond acceptors (Lipinski definition) is 4. The van der Waals surface area contributed by atoms with Gasteiger partial charge in [-0.2, -0.15) is 0 Å². The lowest BCUT2D eigenvalue weighted by molar-refractivity contribution is -0.113. The molecule has 2 atom stereocenters. The summed E-state index contributed by atoms with van der Waals surface area (Å²) >= 11 is 0. The number of hydrogen-bond donors (Lipinski definition) is 1. The molecular weight excluding hydrogens is 220 g/mol. The van der Waals surface area contributed by atoms with Crippen LogP contribution in [-0.4, -0.2) is 37.5 Å². The van der Waals surface area contributed by atoms with E-state index >= 15 is 0 Å². The van der Waals surface area contributed by atoms with E-state index in [1.165, 1.54) is 6.08 Å². The molecule has 0 aromatic rings. The second-order valence-electron chi connectivity index (χ2n) is 4.25. The summed E-state index contributed by atoms with van der Waals surface area (Å²) in [4.78, 5) is 15.1. The first-order valence-corrected chi connectivity index (χ1v) is 5.83. The van der Waals surface area contributed by atoms with Crippen molar-refractivity contribution in [2.75, 3.05) is 13.2 Å². The Labute approximate surface area is 99.2 Å². The van der Waals surface area contributed by atoms with Gasteiger partial charge in [-0.15, -0.1) is 0 Å². The standard InChI is InChI=1S/C12H14N2O3/c15-11-3-4-13-9-1-2-10-12(8(9)7-14-11)17-6-5-16-10/h3-4,7,9-10,13H,1-2,5-6H2/b4-3-,14-7?. The molecular formula is C12H14N2O3. The second kappa shape index (κ2) is 4.33. The molecule has 0 aromatic heterocycles. The summed E-state index contributed by atoms with van der Waals surface area (Å²) in [5, 5.41) is 3.20. The number of nitrogens with one attached hydrogen (secondary N) is 1. The van der Waals surface area contributed by atoms with Crippen molar-refractivity contribution in [1.82, 2.24) is 5.32 Å². The molecule has 3 aliphatic rings. The number of ether oxygens (including phenoxy) is 2. The average molecular weight is 234 g/mol. The van der Waals surface area contributed by atoms with Gasteiger partial charge < -0.3 is 14.8 Å². The molecule has 2 aliphatic heterocycles. The van der Waals surface area contributed by atoms with Crippen LogP contribution in [0.5, 0.6) is 0 Å². The van der Waals surface area contributed by atoms with Crippen LogP contribution in [0, 0.1) is 0 Å². The van der Waals surface area contributed by atoms with Gasteiger partial charge in [0.25, 0.3) is 5.91 Å². The molecule has 0 saturated carbocycles. The Hall–Kier alpha value is -1.62. The molecule has 90 valence electrons. The highest BCUT2D eigenvalue weighted by molar-refractivity contribution is 5.98. The molecule has 2 unspecified atom stereocenters. The van der Waals surface area contributed by atoms with E-state index in [4.69, 9.17) is 9.47 Å². The molecule has 0 radical (unpaired) electrons. The maximum absolute atomic E-state index is 11.3. The first-order chi connectivity index (χ1) is 8.34. The molecule has 1 fully saturated rings. The Bertz CT molecular complexity index is 425. The summed E-state index contributed by atoms with van der Waals surface area (Å²) in [6.07, 6.45) is 6.63. The molecule has 3 rings (SSSR count). The number of rotatable bonds is 0. The van der Waals surface area contributed by atoms with E-state index in [-0.39, 0.29) is 18.1 Å². The normalized spacial score (nSPS) is 33.8. The van der Waals surface area contributed by atoms with Crippen LogP contribution in [0.4, 0.5) is 0 Å². The monoisotopic (exact) mass is 234 g/mol. The van der Waals surface area contributed by atoms with Gasteiger partial charge in [-0.05, 0) is 12.8 Å². The lowest BCUT2D eigenvalue weighted by Crippen LogP contribution is -2.40. The SMILES string of the molecule is O=C1/C=C\NC2CCC3OCCOC3=C2C=N1. The molecule has 2 heterocycles. The Kier molecular flexibility index (Phi) is 2.68. The summed E-state index contributed by atoms with van der Waals surface area (Å²) in [5.74, 6) is 0.578. The van der Waals surface area contributed by atoms with Crippen molar-refractivity contribution in [1.29, 1.82) is 0 Å². The van der Waals surface area contributed by atoms with Gasteiger partial charge >= 0.3 is 0 Å². The van der Waals surface area contributed by atoms with E-state index in [1.54, 1.807) is 12.4 Å². The predicted octanol–water partition coefficient (Wildman–Crippen LogP) is 0.533. The highest BCUT2D eigenvalue weighted by Crippen LogP contribution is 2.30. The van der Waals surface area contributed by atoms with Crippen LogP contribution in [0.25, 0.3) is 0 Å². The molecule has 0 bridgehead atoms. The molecule has 5 heteroatoms. The fraction of sp³-hybridized carbons (Fsp3) is 0.500. The van der Waals surface area contributed by atoms with Gasteiger partial charge in [-0.3, -0.25) is 4.79 Å². The fourth-order valence-corrected chi connectivity index (χ4v) is 2.38.